The van der Waals surface area contributed by atoms with Gasteiger partial charge < -0.3 is 14.2 Å². The second-order valence-corrected chi connectivity index (χ2v) is 6.46. The predicted octanol–water partition coefficient (Wildman–Crippen LogP) is 0.538. The van der Waals surface area contributed by atoms with Crippen molar-refractivity contribution in [3.05, 3.63) is 32.6 Å². The van der Waals surface area contributed by atoms with E-state index in [2.05, 4.69) is 9.98 Å². The number of nitrogens with zero attached hydrogens (tertiary/aromatic N) is 2. The molecule has 2 heterocycles. The zero-order chi connectivity index (χ0) is 20.7. The van der Waals surface area contributed by atoms with Crippen LogP contribution in [0.3, 0.4) is 0 Å². The number of aromatic nitrogens is 2. The summed E-state index contributed by atoms with van der Waals surface area (Å²) in [4.78, 5) is 53.1. The van der Waals surface area contributed by atoms with Crippen molar-refractivity contribution in [3.8, 4) is 0 Å². The Balaban J connectivity index is 2.24. The van der Waals surface area contributed by atoms with E-state index in [0.29, 0.717) is 6.54 Å². The fourth-order valence-electron chi connectivity index (χ4n) is 2.78. The second kappa shape index (κ2) is 9.98. The third-order valence-electron chi connectivity index (χ3n) is 4.13. The number of ether oxygens (including phenoxy) is 3. The van der Waals surface area contributed by atoms with Gasteiger partial charge in [-0.15, -0.1) is 0 Å². The Morgan fingerprint density at radius 2 is 2.11 bits per heavy atom. The van der Waals surface area contributed by atoms with Gasteiger partial charge in [0.05, 0.1) is 5.56 Å². The summed E-state index contributed by atoms with van der Waals surface area (Å²) in [5, 5.41) is 0. The topological polar surface area (TPSA) is 129 Å². The molecule has 1 aliphatic rings. The average molecular weight is 395 g/mol. The van der Waals surface area contributed by atoms with E-state index in [1.807, 2.05) is 6.92 Å². The molecule has 0 spiro atoms. The number of unbranched alkanes of at least 4 members (excludes halogenated alkanes) is 1. The van der Waals surface area contributed by atoms with E-state index in [0.717, 1.165) is 12.8 Å². The molecule has 28 heavy (non-hydrogen) atoms. The number of aliphatic imine (C=N–C) groups is 1. The van der Waals surface area contributed by atoms with Crippen LogP contribution < -0.4 is 11.2 Å². The van der Waals surface area contributed by atoms with Crippen molar-refractivity contribution in [3.63, 3.8) is 0 Å². The van der Waals surface area contributed by atoms with Crippen LogP contribution in [-0.2, 0) is 23.8 Å². The van der Waals surface area contributed by atoms with E-state index < -0.39 is 41.6 Å². The number of aromatic amines is 1. The Morgan fingerprint density at radius 3 is 2.75 bits per heavy atom. The van der Waals surface area contributed by atoms with Crippen molar-refractivity contribution in [2.75, 3.05) is 13.2 Å². The summed E-state index contributed by atoms with van der Waals surface area (Å²) >= 11 is 0. The summed E-state index contributed by atoms with van der Waals surface area (Å²) in [6.45, 7) is 5.00. The predicted molar refractivity (Wildman–Crippen MR) is 99.4 cm³/mol. The summed E-state index contributed by atoms with van der Waals surface area (Å²) in [7, 11) is 0. The van der Waals surface area contributed by atoms with Gasteiger partial charge in [0.2, 0.25) is 0 Å². The highest BCUT2D eigenvalue weighted by Gasteiger charge is 2.39. The molecular formula is C18H25N3O7. The Hall–Kier alpha value is -2.75. The normalized spacial score (nSPS) is 21.8. The van der Waals surface area contributed by atoms with Crippen LogP contribution >= 0.6 is 0 Å². The minimum absolute atomic E-state index is 0.118. The van der Waals surface area contributed by atoms with Gasteiger partial charge in [0.25, 0.3) is 5.56 Å². The third kappa shape index (κ3) is 5.88. The van der Waals surface area contributed by atoms with Gasteiger partial charge in [-0.1, -0.05) is 13.3 Å². The summed E-state index contributed by atoms with van der Waals surface area (Å²) in [5.74, 6) is -1.01. The average Bonchev–Trinajstić information content (AvgIpc) is 3.00. The molecule has 0 saturated carbocycles. The first-order valence-electron chi connectivity index (χ1n) is 9.13. The number of nitrogens with one attached hydrogen (secondary N) is 1. The molecule has 0 bridgehead atoms. The molecule has 1 aromatic heterocycles. The van der Waals surface area contributed by atoms with Gasteiger partial charge in [-0.3, -0.25) is 28.9 Å². The van der Waals surface area contributed by atoms with Crippen LogP contribution in [-0.4, -0.2) is 53.1 Å². The zero-order valence-corrected chi connectivity index (χ0v) is 16.2. The molecule has 0 aromatic carbocycles. The van der Waals surface area contributed by atoms with Crippen LogP contribution in [0.25, 0.3) is 0 Å². The molecule has 1 aromatic rings. The standard InChI is InChI=1S/C18H25N3O7/c1-4-5-6-19-8-13-9-21(18(25)20-17(13)24)16-7-14(27-12(3)23)15(28-16)10-26-11(2)22/h8-9,14-16H,4-7,10H2,1-3H3,(H,20,24,25)/t14-,15+,16+/m0/s1. The van der Waals surface area contributed by atoms with E-state index >= 15 is 0 Å². The first kappa shape index (κ1) is 21.5. The number of esters is 2. The second-order valence-electron chi connectivity index (χ2n) is 6.46. The molecule has 10 heteroatoms. The Kier molecular flexibility index (Phi) is 7.68. The van der Waals surface area contributed by atoms with Gasteiger partial charge in [-0.25, -0.2) is 4.79 Å². The molecule has 1 fully saturated rings. The Morgan fingerprint density at radius 1 is 1.36 bits per heavy atom. The summed E-state index contributed by atoms with van der Waals surface area (Å²) in [6.07, 6.45) is 2.60. The van der Waals surface area contributed by atoms with Crippen LogP contribution in [0.1, 0.15) is 51.8 Å². The summed E-state index contributed by atoms with van der Waals surface area (Å²) in [5.41, 5.74) is -0.991. The number of hydrogen-bond acceptors (Lipinski definition) is 8. The number of carbonyl (C=O) groups is 2. The SMILES string of the molecule is CCCCN=Cc1cn([C@H]2C[C@H](OC(C)=O)[C@@H](COC(C)=O)O2)c(=O)[nH]c1=O. The third-order valence-corrected chi connectivity index (χ3v) is 4.13. The van der Waals surface area contributed by atoms with Gasteiger partial charge in [0.1, 0.15) is 25.0 Å². The highest BCUT2D eigenvalue weighted by molar-refractivity contribution is 5.78. The fraction of sp³-hybridized carbons (Fsp3) is 0.611. The van der Waals surface area contributed by atoms with Crippen molar-refractivity contribution >= 4 is 18.2 Å². The largest absolute Gasteiger partial charge is 0.463 e. The number of hydrogen-bond donors (Lipinski definition) is 1. The summed E-state index contributed by atoms with van der Waals surface area (Å²) in [6, 6.07) is 0. The number of carbonyl (C=O) groups excluding carboxylic acids is 2. The van der Waals surface area contributed by atoms with Gasteiger partial charge in [-0.2, -0.15) is 0 Å². The van der Waals surface area contributed by atoms with Crippen molar-refractivity contribution in [2.45, 2.75) is 58.5 Å². The highest BCUT2D eigenvalue weighted by Crippen LogP contribution is 2.30. The van der Waals surface area contributed by atoms with Gasteiger partial charge >= 0.3 is 17.6 Å². The quantitative estimate of drug-likeness (QED) is 0.386. The van der Waals surface area contributed by atoms with E-state index in [1.165, 1.54) is 30.8 Å². The number of rotatable bonds is 8. The van der Waals surface area contributed by atoms with Crippen LogP contribution in [0, 0.1) is 0 Å². The zero-order valence-electron chi connectivity index (χ0n) is 16.2. The van der Waals surface area contributed by atoms with Crippen LogP contribution in [0.2, 0.25) is 0 Å². The summed E-state index contributed by atoms with van der Waals surface area (Å²) < 4.78 is 17.2. The van der Waals surface area contributed by atoms with Crippen LogP contribution in [0.5, 0.6) is 0 Å². The molecular weight excluding hydrogens is 370 g/mol. The minimum Gasteiger partial charge on any atom is -0.463 e. The van der Waals surface area contributed by atoms with Crippen LogP contribution in [0.4, 0.5) is 0 Å². The molecule has 3 atom stereocenters. The lowest BCUT2D eigenvalue weighted by molar-refractivity contribution is -0.155. The van der Waals surface area contributed by atoms with E-state index in [4.69, 9.17) is 14.2 Å². The van der Waals surface area contributed by atoms with Crippen molar-refractivity contribution < 1.29 is 23.8 Å². The molecule has 1 saturated heterocycles. The smallest absolute Gasteiger partial charge is 0.330 e. The number of H-pyrrole nitrogens is 1. The molecule has 0 amide bonds. The van der Waals surface area contributed by atoms with Crippen LogP contribution in [0.15, 0.2) is 20.8 Å². The Labute approximate surface area is 161 Å². The van der Waals surface area contributed by atoms with Crippen molar-refractivity contribution in [1.82, 2.24) is 9.55 Å². The maximum atomic E-state index is 12.2. The first-order valence-corrected chi connectivity index (χ1v) is 9.13. The molecule has 0 radical (unpaired) electrons. The highest BCUT2D eigenvalue weighted by atomic mass is 16.6. The van der Waals surface area contributed by atoms with Gasteiger partial charge in [-0.05, 0) is 6.42 Å². The maximum absolute atomic E-state index is 12.2. The lowest BCUT2D eigenvalue weighted by Gasteiger charge is -2.17. The molecule has 2 rings (SSSR count). The minimum atomic E-state index is -0.794. The van der Waals surface area contributed by atoms with Gasteiger partial charge in [0, 0.05) is 39.2 Å². The van der Waals surface area contributed by atoms with E-state index in [1.54, 1.807) is 0 Å². The first-order chi connectivity index (χ1) is 13.3. The maximum Gasteiger partial charge on any atom is 0.330 e. The molecule has 0 unspecified atom stereocenters. The lowest BCUT2D eigenvalue weighted by atomic mass is 10.2. The van der Waals surface area contributed by atoms with Gasteiger partial charge in [0.15, 0.2) is 0 Å². The molecule has 0 aliphatic carbocycles. The Bertz CT molecular complexity index is 842. The monoisotopic (exact) mass is 395 g/mol. The molecule has 10 nitrogen and oxygen atoms in total. The van der Waals surface area contributed by atoms with Crippen molar-refractivity contribution in [1.29, 1.82) is 0 Å². The molecule has 1 aliphatic heterocycles. The van der Waals surface area contributed by atoms with E-state index in [-0.39, 0.29) is 18.6 Å². The van der Waals surface area contributed by atoms with Crippen molar-refractivity contribution in [2.24, 2.45) is 4.99 Å². The van der Waals surface area contributed by atoms with E-state index in [9.17, 15) is 19.2 Å². The fourth-order valence-corrected chi connectivity index (χ4v) is 2.78. The molecule has 1 N–H and O–H groups in total. The lowest BCUT2D eigenvalue weighted by Crippen LogP contribution is -2.34. The molecule has 154 valence electrons.